The van der Waals surface area contributed by atoms with Crippen molar-refractivity contribution in [2.45, 2.75) is 24.8 Å². The number of hydrogen-bond acceptors (Lipinski definition) is 6. The Balaban J connectivity index is 1.41. The Morgan fingerprint density at radius 3 is 2.31 bits per heavy atom. The van der Waals surface area contributed by atoms with Crippen molar-refractivity contribution in [3.8, 4) is 5.75 Å². The molecule has 0 aromatic heterocycles. The van der Waals surface area contributed by atoms with Gasteiger partial charge in [-0.05, 0) is 55.3 Å². The third kappa shape index (κ3) is 5.04. The number of benzene rings is 3. The summed E-state index contributed by atoms with van der Waals surface area (Å²) < 4.78 is 33.1. The molecule has 2 aliphatic rings. The van der Waals surface area contributed by atoms with E-state index >= 15 is 0 Å². The number of urea groups is 1. The van der Waals surface area contributed by atoms with Crippen molar-refractivity contribution in [2.24, 2.45) is 0 Å². The number of hydrogen-bond donors (Lipinski definition) is 0. The lowest BCUT2D eigenvalue weighted by molar-refractivity contribution is -0.132. The second kappa shape index (κ2) is 10.6. The van der Waals surface area contributed by atoms with Gasteiger partial charge in [-0.2, -0.15) is 0 Å². The number of piperazine rings is 1. The summed E-state index contributed by atoms with van der Waals surface area (Å²) in [5, 5.41) is 0. The maximum Gasteiger partial charge on any atom is 0.339 e. The zero-order valence-electron chi connectivity index (χ0n) is 22.3. The molecule has 2 fully saturated rings. The smallest absolute Gasteiger partial charge is 0.339 e. The Morgan fingerprint density at radius 1 is 0.897 bits per heavy atom. The molecular formula is C29H32N4O5S. The molecule has 2 heterocycles. The molecule has 0 bridgehead atoms. The summed E-state index contributed by atoms with van der Waals surface area (Å²) in [4.78, 5) is 32.8. The van der Waals surface area contributed by atoms with E-state index in [1.54, 1.807) is 47.4 Å². The quantitative estimate of drug-likeness (QED) is 0.467. The highest BCUT2D eigenvalue weighted by Gasteiger charge is 2.49. The van der Waals surface area contributed by atoms with Gasteiger partial charge in [0, 0.05) is 43.6 Å². The molecule has 0 radical (unpaired) electrons. The van der Waals surface area contributed by atoms with Crippen molar-refractivity contribution in [3.05, 3.63) is 83.9 Å². The number of ether oxygens (including phenoxy) is 1. The minimum absolute atomic E-state index is 0.0709. The van der Waals surface area contributed by atoms with Crippen LogP contribution in [0.5, 0.6) is 5.75 Å². The van der Waals surface area contributed by atoms with Gasteiger partial charge in [0.05, 0.1) is 18.6 Å². The second-order valence-corrected chi connectivity index (χ2v) is 11.7. The Labute approximate surface area is 229 Å². The maximum absolute atomic E-state index is 13.9. The summed E-state index contributed by atoms with van der Waals surface area (Å²) >= 11 is 0. The molecule has 2 saturated heterocycles. The zero-order chi connectivity index (χ0) is 27.7. The molecule has 0 N–H and O–H groups in total. The van der Waals surface area contributed by atoms with Gasteiger partial charge in [0.15, 0.2) is 0 Å². The van der Waals surface area contributed by atoms with Crippen LogP contribution in [0, 0.1) is 13.8 Å². The van der Waals surface area contributed by atoms with Gasteiger partial charge in [-0.3, -0.25) is 9.69 Å². The molecule has 1 atom stereocenters. The van der Waals surface area contributed by atoms with E-state index in [-0.39, 0.29) is 17.3 Å². The first kappa shape index (κ1) is 26.6. The summed E-state index contributed by atoms with van der Waals surface area (Å²) in [6.45, 7) is 6.10. The lowest BCUT2D eigenvalue weighted by Gasteiger charge is -2.38. The van der Waals surface area contributed by atoms with Crippen LogP contribution in [0.3, 0.4) is 0 Å². The average Bonchev–Trinajstić information content (AvgIpc) is 3.32. The summed E-state index contributed by atoms with van der Waals surface area (Å²) in [6, 6.07) is 19.3. The van der Waals surface area contributed by atoms with Gasteiger partial charge < -0.3 is 14.5 Å². The van der Waals surface area contributed by atoms with Crippen LogP contribution in [0.15, 0.2) is 77.7 Å². The fraction of sp³-hybridized carbons (Fsp3) is 0.310. The first-order valence-electron chi connectivity index (χ1n) is 12.9. The molecule has 3 aromatic rings. The standard InChI is InChI=1S/C29H32N4O5S/c1-21-12-13-22(2)26(18-21)30-14-16-31(17-15-30)28(34)27-20-32(29(35)33(27)23-8-5-4-6-9-23)39(36,37)25-11-7-10-24(19-25)38-3/h4-13,18-19,27H,14-17,20H2,1-3H3/t27-/m0/s1. The molecule has 9 nitrogen and oxygen atoms in total. The van der Waals surface area contributed by atoms with E-state index in [1.165, 1.54) is 35.3 Å². The van der Waals surface area contributed by atoms with Crippen molar-refractivity contribution in [3.63, 3.8) is 0 Å². The summed E-state index contributed by atoms with van der Waals surface area (Å²) in [5.74, 6) is 0.0909. The Kier molecular flexibility index (Phi) is 7.22. The molecule has 3 aromatic carbocycles. The van der Waals surface area contributed by atoms with E-state index in [0.717, 1.165) is 9.99 Å². The number of carbonyl (C=O) groups excluding carboxylic acids is 2. The number of methoxy groups -OCH3 is 1. The third-order valence-electron chi connectivity index (χ3n) is 7.32. The molecule has 0 saturated carbocycles. The number of sulfonamides is 1. The van der Waals surface area contributed by atoms with Crippen LogP contribution in [0.2, 0.25) is 0 Å². The van der Waals surface area contributed by atoms with Gasteiger partial charge in [-0.1, -0.05) is 36.4 Å². The molecule has 2 aliphatic heterocycles. The normalized spacial score (nSPS) is 18.0. The molecule has 204 valence electrons. The van der Waals surface area contributed by atoms with Crippen LogP contribution >= 0.6 is 0 Å². The van der Waals surface area contributed by atoms with Crippen LogP contribution in [0.4, 0.5) is 16.2 Å². The van der Waals surface area contributed by atoms with Crippen LogP contribution < -0.4 is 14.5 Å². The van der Waals surface area contributed by atoms with Crippen molar-refractivity contribution in [2.75, 3.05) is 49.6 Å². The summed E-state index contributed by atoms with van der Waals surface area (Å²) in [5.41, 5.74) is 3.97. The lowest BCUT2D eigenvalue weighted by atomic mass is 10.1. The van der Waals surface area contributed by atoms with Crippen LogP contribution in [0.25, 0.3) is 0 Å². The minimum atomic E-state index is -4.23. The van der Waals surface area contributed by atoms with Gasteiger partial charge in [0.1, 0.15) is 11.8 Å². The third-order valence-corrected chi connectivity index (χ3v) is 9.05. The van der Waals surface area contributed by atoms with Gasteiger partial charge in [-0.15, -0.1) is 0 Å². The number of anilines is 2. The van der Waals surface area contributed by atoms with E-state index in [2.05, 4.69) is 36.9 Å². The summed E-state index contributed by atoms with van der Waals surface area (Å²) in [6.07, 6.45) is 0. The molecule has 0 spiro atoms. The predicted molar refractivity (Wildman–Crippen MR) is 150 cm³/mol. The highest BCUT2D eigenvalue weighted by molar-refractivity contribution is 7.89. The largest absolute Gasteiger partial charge is 0.497 e. The number of carbonyl (C=O) groups is 2. The predicted octanol–water partition coefficient (Wildman–Crippen LogP) is 3.66. The molecular weight excluding hydrogens is 516 g/mol. The van der Waals surface area contributed by atoms with Crippen molar-refractivity contribution in [1.29, 1.82) is 0 Å². The fourth-order valence-corrected chi connectivity index (χ4v) is 6.57. The van der Waals surface area contributed by atoms with Crippen molar-refractivity contribution < 1.29 is 22.7 Å². The van der Waals surface area contributed by atoms with E-state index in [4.69, 9.17) is 4.74 Å². The van der Waals surface area contributed by atoms with Gasteiger partial charge in [0.25, 0.3) is 10.0 Å². The monoisotopic (exact) mass is 548 g/mol. The van der Waals surface area contributed by atoms with Crippen LogP contribution in [-0.2, 0) is 14.8 Å². The van der Waals surface area contributed by atoms with Crippen molar-refractivity contribution in [1.82, 2.24) is 9.21 Å². The molecule has 3 amide bonds. The molecule has 5 rings (SSSR count). The van der Waals surface area contributed by atoms with Gasteiger partial charge in [0.2, 0.25) is 5.91 Å². The Bertz CT molecular complexity index is 1490. The van der Waals surface area contributed by atoms with Gasteiger partial charge in [-0.25, -0.2) is 17.5 Å². The SMILES string of the molecule is COc1cccc(S(=O)(=O)N2C[C@@H](C(=O)N3CCN(c4cc(C)ccc4C)CC3)N(c3ccccc3)C2=O)c1. The topological polar surface area (TPSA) is 90.5 Å². The minimum Gasteiger partial charge on any atom is -0.497 e. The van der Waals surface area contributed by atoms with Gasteiger partial charge >= 0.3 is 6.03 Å². The van der Waals surface area contributed by atoms with E-state index in [0.29, 0.717) is 37.6 Å². The number of nitrogens with zero attached hydrogens (tertiary/aromatic N) is 4. The maximum atomic E-state index is 13.9. The first-order valence-corrected chi connectivity index (χ1v) is 14.3. The van der Waals surface area contributed by atoms with E-state index < -0.39 is 22.1 Å². The number of amides is 3. The highest BCUT2D eigenvalue weighted by Crippen LogP contribution is 2.32. The number of aryl methyl sites for hydroxylation is 2. The average molecular weight is 549 g/mol. The zero-order valence-corrected chi connectivity index (χ0v) is 23.1. The molecule has 39 heavy (non-hydrogen) atoms. The lowest BCUT2D eigenvalue weighted by Crippen LogP contribution is -2.55. The number of rotatable bonds is 6. The molecule has 0 unspecified atom stereocenters. The fourth-order valence-electron chi connectivity index (χ4n) is 5.17. The number of para-hydroxylation sites is 1. The highest BCUT2D eigenvalue weighted by atomic mass is 32.2. The van der Waals surface area contributed by atoms with E-state index in [1.807, 2.05) is 0 Å². The van der Waals surface area contributed by atoms with Crippen molar-refractivity contribution >= 4 is 33.3 Å². The molecule has 10 heteroatoms. The van der Waals surface area contributed by atoms with E-state index in [9.17, 15) is 18.0 Å². The van der Waals surface area contributed by atoms with Crippen LogP contribution in [-0.4, -0.2) is 75.4 Å². The molecule has 0 aliphatic carbocycles. The Hall–Kier alpha value is -4.05. The summed E-state index contributed by atoms with van der Waals surface area (Å²) in [7, 11) is -2.79. The first-order chi connectivity index (χ1) is 18.7. The second-order valence-electron chi connectivity index (χ2n) is 9.82. The Morgan fingerprint density at radius 2 is 1.62 bits per heavy atom. The van der Waals surface area contributed by atoms with Crippen LogP contribution in [0.1, 0.15) is 11.1 Å².